The van der Waals surface area contributed by atoms with Crippen LogP contribution in [0.1, 0.15) is 36.3 Å². The van der Waals surface area contributed by atoms with Gasteiger partial charge in [0.25, 0.3) is 0 Å². The van der Waals surface area contributed by atoms with Crippen LogP contribution >= 0.6 is 11.3 Å². The third-order valence-corrected chi connectivity index (χ3v) is 4.65. The number of urea groups is 1. The lowest BCUT2D eigenvalue weighted by Crippen LogP contribution is -2.45. The molecule has 0 spiro atoms. The molecule has 9 heteroatoms. The number of amides is 2. The summed E-state index contributed by atoms with van der Waals surface area (Å²) in [6, 6.07) is -0.430. The second-order valence-corrected chi connectivity index (χ2v) is 6.29. The largest absolute Gasteiger partial charge is 0.377 e. The van der Waals surface area contributed by atoms with Gasteiger partial charge in [-0.15, -0.1) is 11.3 Å². The molecule has 8 nitrogen and oxygen atoms in total. The van der Waals surface area contributed by atoms with Crippen LogP contribution in [0.25, 0.3) is 0 Å². The molecular formula is C13H16N6O2S. The average molecular weight is 320 g/mol. The van der Waals surface area contributed by atoms with E-state index in [1.807, 2.05) is 5.38 Å². The second kappa shape index (κ2) is 5.65. The van der Waals surface area contributed by atoms with Crippen LogP contribution in [0.15, 0.2) is 11.7 Å². The molecule has 2 N–H and O–H groups in total. The summed E-state index contributed by atoms with van der Waals surface area (Å²) in [5.41, 5.74) is 1.09. The predicted octanol–water partition coefficient (Wildman–Crippen LogP) is 1.74. The maximum absolute atomic E-state index is 12.5. The van der Waals surface area contributed by atoms with Crippen molar-refractivity contribution in [3.8, 4) is 0 Å². The fourth-order valence-corrected chi connectivity index (χ4v) is 3.30. The van der Waals surface area contributed by atoms with Gasteiger partial charge >= 0.3 is 6.03 Å². The van der Waals surface area contributed by atoms with E-state index in [1.165, 1.54) is 30.5 Å². The Kier molecular flexibility index (Phi) is 3.51. The van der Waals surface area contributed by atoms with Crippen molar-refractivity contribution in [3.05, 3.63) is 23.2 Å². The first kappa shape index (κ1) is 13.6. The molecule has 116 valence electrons. The molecule has 0 aromatic carbocycles. The number of hydrogen-bond donors (Lipinski definition) is 2. The number of aromatic amines is 1. The van der Waals surface area contributed by atoms with E-state index in [9.17, 15) is 4.79 Å². The topological polar surface area (TPSA) is 96.0 Å². The van der Waals surface area contributed by atoms with Gasteiger partial charge in [-0.3, -0.25) is 10.4 Å². The number of rotatable bonds is 3. The molecule has 0 bridgehead atoms. The Morgan fingerprint density at radius 2 is 2.41 bits per heavy atom. The van der Waals surface area contributed by atoms with E-state index in [0.717, 1.165) is 5.69 Å². The number of thiazole rings is 1. The van der Waals surface area contributed by atoms with Crippen LogP contribution in [0, 0.1) is 0 Å². The molecule has 4 rings (SSSR count). The molecule has 2 aliphatic rings. The number of aromatic nitrogens is 4. The minimum atomic E-state index is -0.251. The van der Waals surface area contributed by atoms with Gasteiger partial charge in [0.1, 0.15) is 18.2 Å². The Morgan fingerprint density at radius 3 is 3.18 bits per heavy atom. The Hall–Kier alpha value is -2.00. The van der Waals surface area contributed by atoms with Gasteiger partial charge in [-0.2, -0.15) is 5.10 Å². The molecule has 2 fully saturated rings. The van der Waals surface area contributed by atoms with Crippen LogP contribution in [-0.4, -0.2) is 50.9 Å². The summed E-state index contributed by atoms with van der Waals surface area (Å²) in [5.74, 6) is 1.22. The Balaban J connectivity index is 1.47. The van der Waals surface area contributed by atoms with Gasteiger partial charge in [-0.1, -0.05) is 0 Å². The Labute approximate surface area is 130 Å². The SMILES string of the molecule is O=C(Nc1nc(C2CC2)cs1)N1CCOCC1c1ncn[nH]1. The van der Waals surface area contributed by atoms with Crippen molar-refractivity contribution in [1.82, 2.24) is 25.1 Å². The van der Waals surface area contributed by atoms with E-state index in [0.29, 0.717) is 36.6 Å². The zero-order valence-corrected chi connectivity index (χ0v) is 12.7. The number of anilines is 1. The molecular weight excluding hydrogens is 304 g/mol. The van der Waals surface area contributed by atoms with Crippen molar-refractivity contribution in [2.24, 2.45) is 0 Å². The fraction of sp³-hybridized carbons (Fsp3) is 0.538. The number of H-pyrrole nitrogens is 1. The highest BCUT2D eigenvalue weighted by Gasteiger charge is 2.31. The minimum Gasteiger partial charge on any atom is -0.377 e. The highest BCUT2D eigenvalue weighted by molar-refractivity contribution is 7.13. The Bertz CT molecular complexity index is 653. The van der Waals surface area contributed by atoms with Crippen molar-refractivity contribution in [2.45, 2.75) is 24.8 Å². The van der Waals surface area contributed by atoms with Gasteiger partial charge in [0, 0.05) is 17.8 Å². The molecule has 1 saturated heterocycles. The van der Waals surface area contributed by atoms with Crippen LogP contribution < -0.4 is 5.32 Å². The molecule has 1 aliphatic heterocycles. The molecule has 2 aromatic heterocycles. The molecule has 2 aromatic rings. The summed E-state index contributed by atoms with van der Waals surface area (Å²) < 4.78 is 5.46. The molecule has 3 heterocycles. The lowest BCUT2D eigenvalue weighted by Gasteiger charge is -2.33. The van der Waals surface area contributed by atoms with E-state index in [-0.39, 0.29) is 12.1 Å². The highest BCUT2D eigenvalue weighted by Crippen LogP contribution is 2.40. The summed E-state index contributed by atoms with van der Waals surface area (Å²) in [6.45, 7) is 1.44. The third kappa shape index (κ3) is 2.69. The van der Waals surface area contributed by atoms with Crippen molar-refractivity contribution in [2.75, 3.05) is 25.1 Å². The van der Waals surface area contributed by atoms with E-state index in [1.54, 1.807) is 4.90 Å². The number of carbonyl (C=O) groups excluding carboxylic acids is 1. The smallest absolute Gasteiger partial charge is 0.324 e. The average Bonchev–Trinajstić information content (AvgIpc) is 3.06. The van der Waals surface area contributed by atoms with Gasteiger partial charge in [0.2, 0.25) is 0 Å². The van der Waals surface area contributed by atoms with Crippen molar-refractivity contribution in [1.29, 1.82) is 0 Å². The quantitative estimate of drug-likeness (QED) is 0.898. The first-order chi connectivity index (χ1) is 10.8. The molecule has 2 amide bonds. The second-order valence-electron chi connectivity index (χ2n) is 5.44. The zero-order chi connectivity index (χ0) is 14.9. The fourth-order valence-electron chi connectivity index (χ4n) is 2.52. The van der Waals surface area contributed by atoms with Gasteiger partial charge in [-0.25, -0.2) is 14.8 Å². The van der Waals surface area contributed by atoms with E-state index >= 15 is 0 Å². The van der Waals surface area contributed by atoms with Crippen LogP contribution in [0.4, 0.5) is 9.93 Å². The predicted molar refractivity (Wildman–Crippen MR) is 79.8 cm³/mol. The Morgan fingerprint density at radius 1 is 1.50 bits per heavy atom. The monoisotopic (exact) mass is 320 g/mol. The van der Waals surface area contributed by atoms with Crippen LogP contribution in [0.2, 0.25) is 0 Å². The van der Waals surface area contributed by atoms with Gasteiger partial charge in [0.05, 0.1) is 18.9 Å². The number of morpholine rings is 1. The van der Waals surface area contributed by atoms with Crippen molar-refractivity contribution in [3.63, 3.8) is 0 Å². The minimum absolute atomic E-state index is 0.179. The summed E-state index contributed by atoms with van der Waals surface area (Å²) >= 11 is 1.47. The summed E-state index contributed by atoms with van der Waals surface area (Å²) in [4.78, 5) is 22.9. The number of nitrogens with one attached hydrogen (secondary N) is 2. The summed E-state index contributed by atoms with van der Waals surface area (Å²) in [5, 5.41) is 12.2. The summed E-state index contributed by atoms with van der Waals surface area (Å²) in [7, 11) is 0. The first-order valence-corrected chi connectivity index (χ1v) is 8.15. The van der Waals surface area contributed by atoms with Crippen molar-refractivity contribution >= 4 is 22.5 Å². The van der Waals surface area contributed by atoms with Gasteiger partial charge in [0.15, 0.2) is 5.13 Å². The van der Waals surface area contributed by atoms with Crippen LogP contribution in [0.3, 0.4) is 0 Å². The molecule has 1 unspecified atom stereocenters. The van der Waals surface area contributed by atoms with Crippen LogP contribution in [0.5, 0.6) is 0 Å². The van der Waals surface area contributed by atoms with Crippen molar-refractivity contribution < 1.29 is 9.53 Å². The molecule has 1 saturated carbocycles. The van der Waals surface area contributed by atoms with Gasteiger partial charge in [-0.05, 0) is 12.8 Å². The lowest BCUT2D eigenvalue weighted by molar-refractivity contribution is 0.0118. The normalized spacial score (nSPS) is 21.8. The lowest BCUT2D eigenvalue weighted by atomic mass is 10.2. The van der Waals surface area contributed by atoms with Crippen LogP contribution in [-0.2, 0) is 4.74 Å². The summed E-state index contributed by atoms with van der Waals surface area (Å²) in [6.07, 6.45) is 3.84. The number of carbonyl (C=O) groups is 1. The third-order valence-electron chi connectivity index (χ3n) is 3.87. The van der Waals surface area contributed by atoms with Gasteiger partial charge < -0.3 is 9.64 Å². The van der Waals surface area contributed by atoms with E-state index in [4.69, 9.17) is 4.74 Å². The molecule has 22 heavy (non-hydrogen) atoms. The standard InChI is InChI=1S/C13H16N6O2S/c20-13(17-12-16-9(6-22-12)8-1-2-8)19-3-4-21-5-10(19)11-14-7-15-18-11/h6-8,10H,1-5H2,(H,14,15,18)(H,16,17,20). The maximum atomic E-state index is 12.5. The molecule has 1 aliphatic carbocycles. The number of hydrogen-bond acceptors (Lipinski definition) is 6. The maximum Gasteiger partial charge on any atom is 0.324 e. The molecule has 1 atom stereocenters. The first-order valence-electron chi connectivity index (χ1n) is 7.27. The van der Waals surface area contributed by atoms with E-state index in [2.05, 4.69) is 25.5 Å². The zero-order valence-electron chi connectivity index (χ0n) is 11.9. The number of ether oxygens (including phenoxy) is 1. The molecule has 0 radical (unpaired) electrons. The van der Waals surface area contributed by atoms with E-state index < -0.39 is 0 Å². The number of nitrogens with zero attached hydrogens (tertiary/aromatic N) is 4. The highest BCUT2D eigenvalue weighted by atomic mass is 32.1.